The van der Waals surface area contributed by atoms with Crippen LogP contribution in [0.5, 0.6) is 0 Å². The molecule has 0 fully saturated rings. The van der Waals surface area contributed by atoms with E-state index in [1.54, 1.807) is 17.0 Å². The monoisotopic (exact) mass is 347 g/mol. The molecular formula is C16H18FN5O3. The van der Waals surface area contributed by atoms with Crippen molar-refractivity contribution in [2.24, 2.45) is 0 Å². The fourth-order valence-corrected chi connectivity index (χ4v) is 2.65. The van der Waals surface area contributed by atoms with Crippen LogP contribution in [0.15, 0.2) is 29.1 Å². The first-order chi connectivity index (χ1) is 12.0. The Bertz CT molecular complexity index is 833. The summed E-state index contributed by atoms with van der Waals surface area (Å²) in [7, 11) is 0. The molecule has 0 saturated carbocycles. The van der Waals surface area contributed by atoms with Crippen molar-refractivity contribution in [3.63, 3.8) is 0 Å². The Hall–Kier alpha value is -2.81. The number of halogens is 1. The molecule has 2 N–H and O–H groups in total. The van der Waals surface area contributed by atoms with Gasteiger partial charge in [0, 0.05) is 18.8 Å². The smallest absolute Gasteiger partial charge is 0.286 e. The Labute approximate surface area is 142 Å². The summed E-state index contributed by atoms with van der Waals surface area (Å²) in [6, 6.07) is 5.38. The molecule has 9 heteroatoms. The molecule has 1 aromatic carbocycles. The minimum Gasteiger partial charge on any atom is -0.394 e. The van der Waals surface area contributed by atoms with Crippen LogP contribution in [0.3, 0.4) is 0 Å². The molecule has 0 unspecified atom stereocenters. The fourth-order valence-electron chi connectivity index (χ4n) is 2.65. The summed E-state index contributed by atoms with van der Waals surface area (Å²) in [5.74, 6) is -0.705. The molecule has 2 heterocycles. The highest BCUT2D eigenvalue weighted by molar-refractivity contribution is 5.92. The molecule has 1 atom stereocenters. The molecule has 1 amide bonds. The predicted octanol–water partition coefficient (Wildman–Crippen LogP) is 0.430. The van der Waals surface area contributed by atoms with E-state index < -0.39 is 17.5 Å². The summed E-state index contributed by atoms with van der Waals surface area (Å²) in [4.78, 5) is 26.5. The summed E-state index contributed by atoms with van der Waals surface area (Å²) in [5, 5.41) is 19.5. The van der Waals surface area contributed by atoms with Gasteiger partial charge in [-0.25, -0.2) is 4.39 Å². The van der Waals surface area contributed by atoms with Crippen molar-refractivity contribution in [2.45, 2.75) is 25.9 Å². The highest BCUT2D eigenvalue weighted by Gasteiger charge is 2.27. The number of nitrogens with zero attached hydrogens (tertiary/aromatic N) is 4. The maximum absolute atomic E-state index is 13.1. The molecule has 0 aliphatic carbocycles. The highest BCUT2D eigenvalue weighted by atomic mass is 19.1. The van der Waals surface area contributed by atoms with E-state index >= 15 is 0 Å². The Morgan fingerprint density at radius 1 is 1.32 bits per heavy atom. The van der Waals surface area contributed by atoms with Gasteiger partial charge in [0.1, 0.15) is 5.82 Å². The first-order valence-corrected chi connectivity index (χ1v) is 7.97. The Kier molecular flexibility index (Phi) is 4.75. The zero-order valence-corrected chi connectivity index (χ0v) is 13.6. The molecule has 25 heavy (non-hydrogen) atoms. The van der Waals surface area contributed by atoms with E-state index in [2.05, 4.69) is 15.5 Å². The van der Waals surface area contributed by atoms with Gasteiger partial charge < -0.3 is 15.3 Å². The molecule has 0 bridgehead atoms. The van der Waals surface area contributed by atoms with Gasteiger partial charge in [0.05, 0.1) is 12.6 Å². The maximum Gasteiger partial charge on any atom is 0.286 e. The molecular weight excluding hydrogens is 329 g/mol. The molecule has 1 aliphatic rings. The summed E-state index contributed by atoms with van der Waals surface area (Å²) in [6.45, 7) is 2.40. The molecule has 0 spiro atoms. The van der Waals surface area contributed by atoms with E-state index in [9.17, 15) is 14.0 Å². The molecule has 8 nitrogen and oxygen atoms in total. The van der Waals surface area contributed by atoms with Crippen LogP contribution in [0.1, 0.15) is 23.8 Å². The molecule has 132 valence electrons. The van der Waals surface area contributed by atoms with E-state index in [4.69, 9.17) is 5.11 Å². The summed E-state index contributed by atoms with van der Waals surface area (Å²) < 4.78 is 14.4. The third-order valence-electron chi connectivity index (χ3n) is 4.12. The second-order valence-electron chi connectivity index (χ2n) is 5.69. The van der Waals surface area contributed by atoms with E-state index in [-0.39, 0.29) is 18.1 Å². The van der Waals surface area contributed by atoms with Gasteiger partial charge >= 0.3 is 0 Å². The summed E-state index contributed by atoms with van der Waals surface area (Å²) >= 11 is 0. The lowest BCUT2D eigenvalue weighted by molar-refractivity contribution is 0.0906. The van der Waals surface area contributed by atoms with Gasteiger partial charge in [0.15, 0.2) is 0 Å². The average Bonchev–Trinajstić information content (AvgIpc) is 3.05. The normalized spacial score (nSPS) is 14.3. The van der Waals surface area contributed by atoms with Crippen molar-refractivity contribution in [2.75, 3.05) is 18.1 Å². The van der Waals surface area contributed by atoms with Crippen LogP contribution in [0.2, 0.25) is 0 Å². The number of nitrogens with one attached hydrogen (secondary N) is 1. The molecule has 1 aromatic heterocycles. The van der Waals surface area contributed by atoms with Crippen molar-refractivity contribution in [1.29, 1.82) is 0 Å². The first kappa shape index (κ1) is 17.0. The molecule has 3 rings (SSSR count). The van der Waals surface area contributed by atoms with Crippen LogP contribution in [0.25, 0.3) is 0 Å². The Morgan fingerprint density at radius 2 is 2.04 bits per heavy atom. The topological polar surface area (TPSA) is 100 Å². The number of carbonyl (C=O) groups is 1. The number of benzene rings is 1. The SMILES string of the molecule is CC[C@@H](CO)NC(=O)c1nnc2n(c1=O)CCN2c1ccc(F)cc1. The lowest BCUT2D eigenvalue weighted by Crippen LogP contribution is -2.41. The number of carbonyl (C=O) groups excluding carboxylic acids is 1. The quantitative estimate of drug-likeness (QED) is 0.814. The number of aliphatic hydroxyl groups excluding tert-OH is 1. The number of amides is 1. The number of fused-ring (bicyclic) bond motifs is 1. The standard InChI is InChI=1S/C16H18FN5O3/c1-2-11(9-23)18-14(24)13-15(25)22-8-7-21(16(22)20-19-13)12-5-3-10(17)4-6-12/h3-6,11,23H,2,7-9H2,1H3,(H,18,24)/t11-/m0/s1. The van der Waals surface area contributed by atoms with Crippen LogP contribution < -0.4 is 15.8 Å². The summed E-state index contributed by atoms with van der Waals surface area (Å²) in [6.07, 6.45) is 0.528. The molecule has 0 saturated heterocycles. The average molecular weight is 347 g/mol. The minimum atomic E-state index is -0.658. The number of aliphatic hydroxyl groups is 1. The van der Waals surface area contributed by atoms with Crippen molar-refractivity contribution < 1.29 is 14.3 Å². The van der Waals surface area contributed by atoms with Gasteiger partial charge in [-0.2, -0.15) is 0 Å². The molecule has 0 radical (unpaired) electrons. The first-order valence-electron chi connectivity index (χ1n) is 7.97. The maximum atomic E-state index is 13.1. The van der Waals surface area contributed by atoms with E-state index in [0.29, 0.717) is 31.1 Å². The largest absolute Gasteiger partial charge is 0.394 e. The number of aromatic nitrogens is 3. The minimum absolute atomic E-state index is 0.222. The molecule has 2 aromatic rings. The number of hydrogen-bond donors (Lipinski definition) is 2. The lowest BCUT2D eigenvalue weighted by Gasteiger charge is -2.17. The van der Waals surface area contributed by atoms with Gasteiger partial charge in [-0.1, -0.05) is 6.92 Å². The van der Waals surface area contributed by atoms with Gasteiger partial charge in [-0.3, -0.25) is 14.2 Å². The van der Waals surface area contributed by atoms with Crippen molar-refractivity contribution >= 4 is 17.5 Å². The predicted molar refractivity (Wildman–Crippen MR) is 88.3 cm³/mol. The van der Waals surface area contributed by atoms with Crippen LogP contribution in [-0.4, -0.2) is 45.0 Å². The van der Waals surface area contributed by atoms with Crippen LogP contribution >= 0.6 is 0 Å². The van der Waals surface area contributed by atoms with E-state index in [0.717, 1.165) is 0 Å². The zero-order chi connectivity index (χ0) is 18.0. The highest BCUT2D eigenvalue weighted by Crippen LogP contribution is 2.26. The third-order valence-corrected chi connectivity index (χ3v) is 4.12. The Balaban J connectivity index is 1.90. The summed E-state index contributed by atoms with van der Waals surface area (Å²) in [5.41, 5.74) is -0.165. The second-order valence-corrected chi connectivity index (χ2v) is 5.69. The van der Waals surface area contributed by atoms with E-state index in [1.807, 2.05) is 6.92 Å². The van der Waals surface area contributed by atoms with Gasteiger partial charge in [0.25, 0.3) is 11.5 Å². The number of anilines is 2. The van der Waals surface area contributed by atoms with E-state index in [1.165, 1.54) is 16.7 Å². The second kappa shape index (κ2) is 6.98. The van der Waals surface area contributed by atoms with Crippen LogP contribution in [-0.2, 0) is 6.54 Å². The van der Waals surface area contributed by atoms with Gasteiger partial charge in [0.2, 0.25) is 11.6 Å². The zero-order valence-electron chi connectivity index (χ0n) is 13.6. The Morgan fingerprint density at radius 3 is 2.68 bits per heavy atom. The van der Waals surface area contributed by atoms with Crippen molar-refractivity contribution in [3.05, 3.63) is 46.1 Å². The van der Waals surface area contributed by atoms with Crippen molar-refractivity contribution in [3.8, 4) is 0 Å². The van der Waals surface area contributed by atoms with Crippen LogP contribution in [0.4, 0.5) is 16.0 Å². The van der Waals surface area contributed by atoms with Gasteiger partial charge in [-0.15, -0.1) is 10.2 Å². The third kappa shape index (κ3) is 3.22. The van der Waals surface area contributed by atoms with Crippen molar-refractivity contribution in [1.82, 2.24) is 20.1 Å². The lowest BCUT2D eigenvalue weighted by atomic mass is 10.2. The molecule has 1 aliphatic heterocycles. The van der Waals surface area contributed by atoms with Gasteiger partial charge in [-0.05, 0) is 30.7 Å². The number of rotatable bonds is 5. The number of hydrogen-bond acceptors (Lipinski definition) is 6. The van der Waals surface area contributed by atoms with Crippen LogP contribution in [0, 0.1) is 5.82 Å². The fraction of sp³-hybridized carbons (Fsp3) is 0.375.